The minimum absolute atomic E-state index is 0.231. The molecule has 2 unspecified atom stereocenters. The number of likely N-dealkylation sites (N-methyl/N-ethyl adjacent to an activating group) is 1. The lowest BCUT2D eigenvalue weighted by atomic mass is 10.1. The van der Waals surface area contributed by atoms with E-state index in [2.05, 4.69) is 31.9 Å². The first kappa shape index (κ1) is 13.5. The Morgan fingerprint density at radius 1 is 1.38 bits per heavy atom. The second kappa shape index (κ2) is 6.24. The molecule has 90 valence electrons. The quantitative estimate of drug-likeness (QED) is 0.857. The van der Waals surface area contributed by atoms with Gasteiger partial charge in [-0.1, -0.05) is 36.7 Å². The Labute approximate surface area is 103 Å². The molecule has 2 N–H and O–H groups in total. The van der Waals surface area contributed by atoms with Crippen molar-refractivity contribution in [1.82, 2.24) is 4.90 Å². The molecule has 0 aliphatic heterocycles. The van der Waals surface area contributed by atoms with E-state index in [0.29, 0.717) is 6.04 Å². The van der Waals surface area contributed by atoms with Crippen molar-refractivity contribution < 1.29 is 0 Å². The molecular weight excluding hydrogens is 220 g/mol. The number of hydrogen-bond acceptors (Lipinski definition) is 2. The summed E-state index contributed by atoms with van der Waals surface area (Å²) in [5.74, 6) is 0. The van der Waals surface area contributed by atoms with Crippen molar-refractivity contribution in [2.24, 2.45) is 5.73 Å². The van der Waals surface area contributed by atoms with Crippen LogP contribution in [0.15, 0.2) is 24.3 Å². The Morgan fingerprint density at radius 3 is 2.56 bits per heavy atom. The molecule has 1 aromatic carbocycles. The van der Waals surface area contributed by atoms with E-state index in [4.69, 9.17) is 17.3 Å². The molecule has 0 aliphatic rings. The summed E-state index contributed by atoms with van der Waals surface area (Å²) >= 11 is 6.18. The van der Waals surface area contributed by atoms with Gasteiger partial charge >= 0.3 is 0 Å². The third-order valence-corrected chi connectivity index (χ3v) is 3.41. The zero-order valence-corrected chi connectivity index (χ0v) is 11.0. The molecule has 0 bridgehead atoms. The topological polar surface area (TPSA) is 29.3 Å². The highest BCUT2D eigenvalue weighted by Crippen LogP contribution is 2.26. The van der Waals surface area contributed by atoms with Gasteiger partial charge in [-0.25, -0.2) is 0 Å². The summed E-state index contributed by atoms with van der Waals surface area (Å²) < 4.78 is 0. The molecule has 3 heteroatoms. The van der Waals surface area contributed by atoms with Crippen LogP contribution in [0.2, 0.25) is 5.02 Å². The SMILES string of the molecule is CCC(N)CN(C)C(C)c1ccccc1Cl. The normalized spacial score (nSPS) is 15.1. The average molecular weight is 241 g/mol. The van der Waals surface area contributed by atoms with E-state index < -0.39 is 0 Å². The zero-order valence-electron chi connectivity index (χ0n) is 10.3. The summed E-state index contributed by atoms with van der Waals surface area (Å²) in [5, 5.41) is 0.826. The van der Waals surface area contributed by atoms with Gasteiger partial charge in [0.05, 0.1) is 0 Å². The summed E-state index contributed by atoms with van der Waals surface area (Å²) in [6.07, 6.45) is 1.000. The zero-order chi connectivity index (χ0) is 12.1. The van der Waals surface area contributed by atoms with Crippen LogP contribution in [-0.2, 0) is 0 Å². The molecule has 0 saturated heterocycles. The smallest absolute Gasteiger partial charge is 0.0453 e. The number of halogens is 1. The molecular formula is C13H21ClN2. The van der Waals surface area contributed by atoms with Gasteiger partial charge in [-0.15, -0.1) is 0 Å². The van der Waals surface area contributed by atoms with Crippen LogP contribution in [0.3, 0.4) is 0 Å². The second-order valence-electron chi connectivity index (χ2n) is 4.31. The Morgan fingerprint density at radius 2 is 2.00 bits per heavy atom. The predicted octanol–water partition coefficient (Wildman–Crippen LogP) is 3.07. The van der Waals surface area contributed by atoms with Crippen LogP contribution in [0, 0.1) is 0 Å². The lowest BCUT2D eigenvalue weighted by Crippen LogP contribution is -2.36. The molecule has 0 heterocycles. The van der Waals surface area contributed by atoms with E-state index >= 15 is 0 Å². The highest BCUT2D eigenvalue weighted by molar-refractivity contribution is 6.31. The first-order valence-corrected chi connectivity index (χ1v) is 6.14. The van der Waals surface area contributed by atoms with E-state index in [1.807, 2.05) is 18.2 Å². The summed E-state index contributed by atoms with van der Waals surface area (Å²) in [6.45, 7) is 5.16. The molecule has 0 aliphatic carbocycles. The van der Waals surface area contributed by atoms with Crippen molar-refractivity contribution in [3.05, 3.63) is 34.9 Å². The highest BCUT2D eigenvalue weighted by atomic mass is 35.5. The van der Waals surface area contributed by atoms with Crippen LogP contribution in [0.1, 0.15) is 31.9 Å². The molecule has 0 saturated carbocycles. The first-order valence-electron chi connectivity index (χ1n) is 5.76. The minimum atomic E-state index is 0.231. The molecule has 1 aromatic rings. The van der Waals surface area contributed by atoms with Crippen molar-refractivity contribution in [2.75, 3.05) is 13.6 Å². The predicted molar refractivity (Wildman–Crippen MR) is 70.8 cm³/mol. The Balaban J connectivity index is 2.70. The van der Waals surface area contributed by atoms with Gasteiger partial charge < -0.3 is 5.73 Å². The number of hydrogen-bond donors (Lipinski definition) is 1. The van der Waals surface area contributed by atoms with Gasteiger partial charge in [0.25, 0.3) is 0 Å². The average Bonchev–Trinajstić information content (AvgIpc) is 2.28. The summed E-state index contributed by atoms with van der Waals surface area (Å²) in [7, 11) is 2.09. The van der Waals surface area contributed by atoms with Gasteiger partial charge in [-0.05, 0) is 32.0 Å². The van der Waals surface area contributed by atoms with Gasteiger partial charge in [0, 0.05) is 23.7 Å². The number of rotatable bonds is 5. The van der Waals surface area contributed by atoms with Crippen LogP contribution in [0.4, 0.5) is 0 Å². The summed E-state index contributed by atoms with van der Waals surface area (Å²) in [6, 6.07) is 8.50. The molecule has 0 spiro atoms. The fourth-order valence-electron chi connectivity index (χ4n) is 1.71. The van der Waals surface area contributed by atoms with Crippen LogP contribution >= 0.6 is 11.6 Å². The molecule has 0 amide bonds. The molecule has 1 rings (SSSR count). The Hall–Kier alpha value is -0.570. The lowest BCUT2D eigenvalue weighted by molar-refractivity contribution is 0.243. The van der Waals surface area contributed by atoms with Crippen molar-refractivity contribution in [1.29, 1.82) is 0 Å². The Kier molecular flexibility index (Phi) is 5.26. The maximum atomic E-state index is 6.18. The number of nitrogens with two attached hydrogens (primary N) is 1. The van der Waals surface area contributed by atoms with Gasteiger partial charge in [0.15, 0.2) is 0 Å². The molecule has 16 heavy (non-hydrogen) atoms. The summed E-state index contributed by atoms with van der Waals surface area (Å²) in [5.41, 5.74) is 7.12. The standard InChI is InChI=1S/C13H21ClN2/c1-4-11(15)9-16(3)10(2)12-7-5-6-8-13(12)14/h5-8,10-11H,4,9,15H2,1-3H3. The van der Waals surface area contributed by atoms with Gasteiger partial charge in [-0.2, -0.15) is 0 Å². The molecule has 0 radical (unpaired) electrons. The van der Waals surface area contributed by atoms with E-state index in [1.165, 1.54) is 0 Å². The highest BCUT2D eigenvalue weighted by Gasteiger charge is 2.15. The fourth-order valence-corrected chi connectivity index (χ4v) is 2.00. The molecule has 0 fully saturated rings. The second-order valence-corrected chi connectivity index (χ2v) is 4.71. The van der Waals surface area contributed by atoms with E-state index in [9.17, 15) is 0 Å². The van der Waals surface area contributed by atoms with Crippen LogP contribution in [-0.4, -0.2) is 24.5 Å². The largest absolute Gasteiger partial charge is 0.327 e. The van der Waals surface area contributed by atoms with Gasteiger partial charge in [-0.3, -0.25) is 4.90 Å². The van der Waals surface area contributed by atoms with E-state index in [0.717, 1.165) is 23.6 Å². The number of nitrogens with zero attached hydrogens (tertiary/aromatic N) is 1. The van der Waals surface area contributed by atoms with Crippen molar-refractivity contribution in [2.45, 2.75) is 32.4 Å². The van der Waals surface area contributed by atoms with E-state index in [1.54, 1.807) is 0 Å². The fraction of sp³-hybridized carbons (Fsp3) is 0.538. The maximum absolute atomic E-state index is 6.18. The lowest BCUT2D eigenvalue weighted by Gasteiger charge is -2.28. The molecule has 2 nitrogen and oxygen atoms in total. The molecule has 0 aromatic heterocycles. The van der Waals surface area contributed by atoms with E-state index in [-0.39, 0.29) is 6.04 Å². The van der Waals surface area contributed by atoms with Crippen molar-refractivity contribution >= 4 is 11.6 Å². The minimum Gasteiger partial charge on any atom is -0.327 e. The number of benzene rings is 1. The monoisotopic (exact) mass is 240 g/mol. The Bertz CT molecular complexity index is 327. The maximum Gasteiger partial charge on any atom is 0.0453 e. The van der Waals surface area contributed by atoms with Crippen LogP contribution < -0.4 is 5.73 Å². The third-order valence-electron chi connectivity index (χ3n) is 3.06. The van der Waals surface area contributed by atoms with Crippen molar-refractivity contribution in [3.63, 3.8) is 0 Å². The first-order chi connectivity index (χ1) is 7.56. The van der Waals surface area contributed by atoms with Crippen LogP contribution in [0.5, 0.6) is 0 Å². The third kappa shape index (κ3) is 3.48. The van der Waals surface area contributed by atoms with Crippen LogP contribution in [0.25, 0.3) is 0 Å². The van der Waals surface area contributed by atoms with Gasteiger partial charge in [0.2, 0.25) is 0 Å². The van der Waals surface area contributed by atoms with Gasteiger partial charge in [0.1, 0.15) is 0 Å². The van der Waals surface area contributed by atoms with Crippen molar-refractivity contribution in [3.8, 4) is 0 Å². The summed E-state index contributed by atoms with van der Waals surface area (Å²) in [4.78, 5) is 2.25. The molecule has 2 atom stereocenters.